The molecule has 0 saturated carbocycles. The highest BCUT2D eigenvalue weighted by atomic mass is 32.2. The number of nitrogens with zero attached hydrogens (tertiary/aromatic N) is 1. The van der Waals surface area contributed by atoms with Crippen LogP contribution in [-0.2, 0) is 16.1 Å². The van der Waals surface area contributed by atoms with Gasteiger partial charge in [-0.1, -0.05) is 0 Å². The topological polar surface area (TPSA) is 99.9 Å². The molecule has 114 valence electrons. The van der Waals surface area contributed by atoms with Crippen molar-refractivity contribution in [2.24, 2.45) is 0 Å². The lowest BCUT2D eigenvalue weighted by Crippen LogP contribution is -2.46. The lowest BCUT2D eigenvalue weighted by molar-refractivity contribution is -0.136. The van der Waals surface area contributed by atoms with Gasteiger partial charge in [0.05, 0.1) is 12.4 Å². The molecule has 0 aromatic carbocycles. The van der Waals surface area contributed by atoms with Crippen LogP contribution in [0.25, 0.3) is 0 Å². The van der Waals surface area contributed by atoms with Crippen molar-refractivity contribution in [3.05, 3.63) is 23.2 Å². The predicted octanol–water partition coefficient (Wildman–Crippen LogP) is 0.824. The maximum absolute atomic E-state index is 12.1. The van der Waals surface area contributed by atoms with Crippen molar-refractivity contribution in [2.75, 3.05) is 11.6 Å². The Hall–Kier alpha value is -1.96. The number of rotatable bonds is 4. The number of hydrogen-bond acceptors (Lipinski definition) is 5. The molecule has 2 heterocycles. The summed E-state index contributed by atoms with van der Waals surface area (Å²) in [5.41, 5.74) is 0.0843. The highest BCUT2D eigenvalue weighted by molar-refractivity contribution is 7.99. The zero-order valence-corrected chi connectivity index (χ0v) is 12.5. The molecule has 1 fully saturated rings. The normalized spacial score (nSPS) is 17.8. The third-order valence-corrected chi connectivity index (χ3v) is 4.24. The van der Waals surface area contributed by atoms with E-state index in [0.717, 1.165) is 0 Å². The summed E-state index contributed by atoms with van der Waals surface area (Å²) in [7, 11) is 0. The minimum Gasteiger partial charge on any atom is -0.478 e. The van der Waals surface area contributed by atoms with Crippen LogP contribution in [0.3, 0.4) is 0 Å². The Morgan fingerprint density at radius 2 is 2.24 bits per heavy atom. The Balaban J connectivity index is 1.96. The van der Waals surface area contributed by atoms with E-state index in [9.17, 15) is 14.4 Å². The third kappa shape index (κ3) is 3.38. The Labute approximate surface area is 125 Å². The molecule has 2 rings (SSSR count). The molecule has 1 saturated heterocycles. The van der Waals surface area contributed by atoms with E-state index >= 15 is 0 Å². The first kappa shape index (κ1) is 15.4. The molecule has 21 heavy (non-hydrogen) atoms. The van der Waals surface area contributed by atoms with Crippen LogP contribution in [0.5, 0.6) is 0 Å². The molecule has 2 amide bonds. The molecular weight excluding hydrogens is 296 g/mol. The van der Waals surface area contributed by atoms with Gasteiger partial charge in [0.25, 0.3) is 0 Å². The first-order chi connectivity index (χ1) is 9.90. The molecule has 0 radical (unpaired) electrons. The molecule has 1 aliphatic rings. The predicted molar refractivity (Wildman–Crippen MR) is 75.9 cm³/mol. The number of carboxylic acid groups (broad SMARTS) is 1. The quantitative estimate of drug-likeness (QED) is 0.854. The van der Waals surface area contributed by atoms with E-state index < -0.39 is 12.0 Å². The molecule has 7 nitrogen and oxygen atoms in total. The number of hydrogen-bond donors (Lipinski definition) is 2. The molecule has 2 N–H and O–H groups in total. The van der Waals surface area contributed by atoms with Crippen molar-refractivity contribution in [1.82, 2.24) is 10.2 Å². The van der Waals surface area contributed by atoms with Crippen LogP contribution in [0.1, 0.15) is 28.8 Å². The van der Waals surface area contributed by atoms with E-state index in [-0.39, 0.29) is 23.9 Å². The monoisotopic (exact) mass is 312 g/mol. The molecular formula is C13H16N2O5S. The second kappa shape index (κ2) is 6.21. The van der Waals surface area contributed by atoms with E-state index in [1.807, 2.05) is 0 Å². The number of carbonyl (C=O) groups excluding carboxylic acids is 2. The average molecular weight is 312 g/mol. The maximum Gasteiger partial charge on any atom is 0.339 e. The van der Waals surface area contributed by atoms with Gasteiger partial charge >= 0.3 is 5.97 Å². The van der Waals surface area contributed by atoms with Crippen LogP contribution < -0.4 is 5.32 Å². The lowest BCUT2D eigenvalue weighted by atomic mass is 10.2. The number of furan rings is 1. The Morgan fingerprint density at radius 3 is 2.81 bits per heavy atom. The first-order valence-electron chi connectivity index (χ1n) is 6.35. The van der Waals surface area contributed by atoms with Crippen molar-refractivity contribution in [3.8, 4) is 0 Å². The molecule has 1 aromatic rings. The summed E-state index contributed by atoms with van der Waals surface area (Å²) in [6.07, 6.45) is 0. The van der Waals surface area contributed by atoms with E-state index in [4.69, 9.17) is 9.52 Å². The van der Waals surface area contributed by atoms with Gasteiger partial charge in [-0.15, -0.1) is 11.8 Å². The Morgan fingerprint density at radius 1 is 1.52 bits per heavy atom. The van der Waals surface area contributed by atoms with Crippen LogP contribution in [0.2, 0.25) is 0 Å². The number of nitrogens with one attached hydrogen (secondary N) is 1. The van der Waals surface area contributed by atoms with Crippen LogP contribution in [0.15, 0.2) is 10.5 Å². The maximum atomic E-state index is 12.1. The molecule has 0 aliphatic carbocycles. The van der Waals surface area contributed by atoms with Gasteiger partial charge < -0.3 is 19.7 Å². The minimum atomic E-state index is -1.07. The molecule has 0 bridgehead atoms. The van der Waals surface area contributed by atoms with Gasteiger partial charge in [-0.3, -0.25) is 9.59 Å². The van der Waals surface area contributed by atoms with Crippen LogP contribution in [0.4, 0.5) is 0 Å². The standard InChI is InChI=1S/C13H16N2O5S/c1-7-10(13(18)19)3-9(20-7)4-14-12(17)11-5-21-6-15(11)8(2)16/h3,11H,4-6H2,1-2H3,(H,14,17)(H,18,19). The van der Waals surface area contributed by atoms with Crippen LogP contribution in [-0.4, -0.2) is 45.5 Å². The summed E-state index contributed by atoms with van der Waals surface area (Å²) < 4.78 is 5.28. The van der Waals surface area contributed by atoms with Gasteiger partial charge in [0, 0.05) is 12.7 Å². The summed E-state index contributed by atoms with van der Waals surface area (Å²) in [6.45, 7) is 3.08. The SMILES string of the molecule is CC(=O)N1CSCC1C(=O)NCc1cc(C(=O)O)c(C)o1. The Kier molecular flexibility index (Phi) is 4.56. The highest BCUT2D eigenvalue weighted by Crippen LogP contribution is 2.21. The Bertz CT molecular complexity index is 583. The fourth-order valence-electron chi connectivity index (χ4n) is 2.11. The van der Waals surface area contributed by atoms with E-state index in [0.29, 0.717) is 23.2 Å². The van der Waals surface area contributed by atoms with Gasteiger partial charge in [0.15, 0.2) is 0 Å². The van der Waals surface area contributed by atoms with Crippen molar-refractivity contribution in [2.45, 2.75) is 26.4 Å². The summed E-state index contributed by atoms with van der Waals surface area (Å²) in [5, 5.41) is 11.6. The van der Waals surface area contributed by atoms with Crippen molar-refractivity contribution >= 4 is 29.5 Å². The summed E-state index contributed by atoms with van der Waals surface area (Å²) in [4.78, 5) is 35.9. The number of aromatic carboxylic acids is 1. The second-order valence-corrected chi connectivity index (χ2v) is 5.71. The largest absolute Gasteiger partial charge is 0.478 e. The smallest absolute Gasteiger partial charge is 0.339 e. The third-order valence-electron chi connectivity index (χ3n) is 3.23. The summed E-state index contributed by atoms with van der Waals surface area (Å²) >= 11 is 1.52. The van der Waals surface area contributed by atoms with Gasteiger partial charge in [0.1, 0.15) is 23.1 Å². The van der Waals surface area contributed by atoms with Gasteiger partial charge in [0.2, 0.25) is 11.8 Å². The molecule has 1 atom stereocenters. The van der Waals surface area contributed by atoms with Gasteiger partial charge in [-0.25, -0.2) is 4.79 Å². The number of aryl methyl sites for hydroxylation is 1. The van der Waals surface area contributed by atoms with E-state index in [1.165, 1.54) is 29.7 Å². The zero-order chi connectivity index (χ0) is 15.6. The molecule has 1 aliphatic heterocycles. The van der Waals surface area contributed by atoms with Crippen LogP contribution >= 0.6 is 11.8 Å². The number of carbonyl (C=O) groups is 3. The van der Waals surface area contributed by atoms with Gasteiger partial charge in [-0.05, 0) is 13.0 Å². The average Bonchev–Trinajstić information content (AvgIpc) is 3.02. The molecule has 1 unspecified atom stereocenters. The minimum absolute atomic E-state index is 0.0843. The number of thioether (sulfide) groups is 1. The first-order valence-corrected chi connectivity index (χ1v) is 7.51. The van der Waals surface area contributed by atoms with Crippen molar-refractivity contribution in [1.29, 1.82) is 0 Å². The molecule has 0 spiro atoms. The van der Waals surface area contributed by atoms with Crippen LogP contribution in [0, 0.1) is 6.92 Å². The van der Waals surface area contributed by atoms with Gasteiger partial charge in [-0.2, -0.15) is 0 Å². The number of amides is 2. The van der Waals surface area contributed by atoms with E-state index in [1.54, 1.807) is 6.92 Å². The lowest BCUT2D eigenvalue weighted by Gasteiger charge is -2.21. The highest BCUT2D eigenvalue weighted by Gasteiger charge is 2.32. The van der Waals surface area contributed by atoms with Crippen molar-refractivity contribution in [3.63, 3.8) is 0 Å². The molecule has 8 heteroatoms. The fraction of sp³-hybridized carbons (Fsp3) is 0.462. The van der Waals surface area contributed by atoms with Crippen molar-refractivity contribution < 1.29 is 23.9 Å². The fourth-order valence-corrected chi connectivity index (χ4v) is 3.32. The summed E-state index contributed by atoms with van der Waals surface area (Å²) in [6, 6.07) is 0.909. The second-order valence-electron chi connectivity index (χ2n) is 4.71. The zero-order valence-electron chi connectivity index (χ0n) is 11.7. The number of carboxylic acids is 1. The van der Waals surface area contributed by atoms with E-state index in [2.05, 4.69) is 5.32 Å². The molecule has 1 aromatic heterocycles. The summed E-state index contributed by atoms with van der Waals surface area (Å²) in [5.74, 6) is 0.276.